The Hall–Kier alpha value is -1.95. The van der Waals surface area contributed by atoms with Crippen molar-refractivity contribution < 1.29 is 9.53 Å². The van der Waals surface area contributed by atoms with Crippen molar-refractivity contribution in [2.24, 2.45) is 5.41 Å². The zero-order chi connectivity index (χ0) is 15.2. The number of nitrogens with one attached hydrogen (secondary N) is 1. The van der Waals surface area contributed by atoms with E-state index < -0.39 is 0 Å². The lowest BCUT2D eigenvalue weighted by Gasteiger charge is -2.60. The number of rotatable bonds is 4. The third-order valence-electron chi connectivity index (χ3n) is 5.27. The summed E-state index contributed by atoms with van der Waals surface area (Å²) in [5, 5.41) is 3.16. The molecule has 2 aliphatic rings. The average molecular weight is 300 g/mol. The van der Waals surface area contributed by atoms with Crippen LogP contribution in [0.5, 0.6) is 0 Å². The van der Waals surface area contributed by atoms with Crippen molar-refractivity contribution in [2.45, 2.75) is 44.8 Å². The van der Waals surface area contributed by atoms with E-state index in [1.807, 2.05) is 17.5 Å². The van der Waals surface area contributed by atoms with Gasteiger partial charge in [0.05, 0.1) is 6.10 Å². The summed E-state index contributed by atoms with van der Waals surface area (Å²) in [6.45, 7) is 2.77. The first-order chi connectivity index (χ1) is 10.7. The molecule has 0 unspecified atom stereocenters. The standard InChI is InChI=1S/C16H20N4O2/c1-2-22-12-10-11(16(12)4-3-5-16)19-15(21)13-14-18-7-9-20(14)8-6-17-13/h6-9,11-12H,2-5,10H2,1H3,(H,19,21)/t11-,12-/m1/s1. The maximum absolute atomic E-state index is 12.6. The molecule has 2 aliphatic carbocycles. The molecule has 0 bridgehead atoms. The minimum atomic E-state index is -0.136. The molecule has 6 nitrogen and oxygen atoms in total. The van der Waals surface area contributed by atoms with E-state index >= 15 is 0 Å². The molecule has 1 spiro atoms. The van der Waals surface area contributed by atoms with Crippen LogP contribution in [0, 0.1) is 5.41 Å². The summed E-state index contributed by atoms with van der Waals surface area (Å²) in [6, 6.07) is 0.197. The van der Waals surface area contributed by atoms with Crippen LogP contribution in [0.2, 0.25) is 0 Å². The van der Waals surface area contributed by atoms with Gasteiger partial charge in [0, 0.05) is 42.9 Å². The van der Waals surface area contributed by atoms with Crippen molar-refractivity contribution in [1.82, 2.24) is 19.7 Å². The highest BCUT2D eigenvalue weighted by Crippen LogP contribution is 2.57. The van der Waals surface area contributed by atoms with Crippen molar-refractivity contribution in [3.63, 3.8) is 0 Å². The fraction of sp³-hybridized carbons (Fsp3) is 0.562. The molecule has 22 heavy (non-hydrogen) atoms. The molecule has 116 valence electrons. The lowest BCUT2D eigenvalue weighted by atomic mass is 9.51. The van der Waals surface area contributed by atoms with Crippen LogP contribution in [-0.2, 0) is 4.74 Å². The molecule has 0 radical (unpaired) electrons. The Kier molecular flexibility index (Phi) is 3.14. The van der Waals surface area contributed by atoms with Gasteiger partial charge in [-0.25, -0.2) is 9.97 Å². The van der Waals surface area contributed by atoms with Crippen LogP contribution < -0.4 is 5.32 Å². The second kappa shape index (κ2) is 5.05. The number of hydrogen-bond donors (Lipinski definition) is 1. The van der Waals surface area contributed by atoms with Crippen LogP contribution in [0.15, 0.2) is 24.8 Å². The molecule has 2 heterocycles. The van der Waals surface area contributed by atoms with Gasteiger partial charge in [0.15, 0.2) is 11.3 Å². The van der Waals surface area contributed by atoms with Crippen molar-refractivity contribution in [3.8, 4) is 0 Å². The number of amides is 1. The highest BCUT2D eigenvalue weighted by atomic mass is 16.5. The lowest BCUT2D eigenvalue weighted by Crippen LogP contribution is -2.67. The van der Waals surface area contributed by atoms with E-state index in [0.717, 1.165) is 25.9 Å². The van der Waals surface area contributed by atoms with Crippen molar-refractivity contribution in [1.29, 1.82) is 0 Å². The van der Waals surface area contributed by atoms with E-state index in [4.69, 9.17) is 4.74 Å². The maximum atomic E-state index is 12.6. The highest BCUT2D eigenvalue weighted by molar-refractivity contribution is 5.98. The van der Waals surface area contributed by atoms with Crippen LogP contribution in [0.25, 0.3) is 5.65 Å². The van der Waals surface area contributed by atoms with E-state index in [2.05, 4.69) is 15.3 Å². The first-order valence-electron chi connectivity index (χ1n) is 7.95. The summed E-state index contributed by atoms with van der Waals surface area (Å²) in [6.07, 6.45) is 11.6. The number of hydrogen-bond acceptors (Lipinski definition) is 4. The molecule has 4 rings (SSSR count). The second-order valence-electron chi connectivity index (χ2n) is 6.23. The van der Waals surface area contributed by atoms with Gasteiger partial charge in [-0.2, -0.15) is 0 Å². The zero-order valence-electron chi connectivity index (χ0n) is 12.7. The van der Waals surface area contributed by atoms with Crippen LogP contribution >= 0.6 is 0 Å². The molecule has 2 fully saturated rings. The summed E-state index contributed by atoms with van der Waals surface area (Å²) in [7, 11) is 0. The number of nitrogens with zero attached hydrogens (tertiary/aromatic N) is 3. The van der Waals surface area contributed by atoms with E-state index in [-0.39, 0.29) is 17.4 Å². The van der Waals surface area contributed by atoms with Gasteiger partial charge >= 0.3 is 0 Å². The first-order valence-corrected chi connectivity index (χ1v) is 7.95. The van der Waals surface area contributed by atoms with Crippen molar-refractivity contribution >= 4 is 11.6 Å². The Balaban J connectivity index is 1.52. The largest absolute Gasteiger partial charge is 0.378 e. The summed E-state index contributed by atoms with van der Waals surface area (Å²) < 4.78 is 7.64. The predicted octanol–water partition coefficient (Wildman–Crippen LogP) is 1.81. The fourth-order valence-electron chi connectivity index (χ4n) is 3.88. The van der Waals surface area contributed by atoms with E-state index in [0.29, 0.717) is 17.4 Å². The Morgan fingerprint density at radius 1 is 1.41 bits per heavy atom. The van der Waals surface area contributed by atoms with Crippen LogP contribution in [0.3, 0.4) is 0 Å². The Morgan fingerprint density at radius 3 is 2.86 bits per heavy atom. The summed E-state index contributed by atoms with van der Waals surface area (Å²) in [5.41, 5.74) is 1.15. The maximum Gasteiger partial charge on any atom is 0.273 e. The molecule has 1 N–H and O–H groups in total. The van der Waals surface area contributed by atoms with Crippen LogP contribution in [-0.4, -0.2) is 39.0 Å². The van der Waals surface area contributed by atoms with Gasteiger partial charge in [-0.1, -0.05) is 6.42 Å². The van der Waals surface area contributed by atoms with E-state index in [9.17, 15) is 4.79 Å². The van der Waals surface area contributed by atoms with Crippen molar-refractivity contribution in [2.75, 3.05) is 6.61 Å². The summed E-state index contributed by atoms with van der Waals surface area (Å²) in [5.74, 6) is -0.136. The summed E-state index contributed by atoms with van der Waals surface area (Å²) in [4.78, 5) is 21.0. The molecule has 2 atom stereocenters. The fourth-order valence-corrected chi connectivity index (χ4v) is 3.88. The van der Waals surface area contributed by atoms with E-state index in [1.165, 1.54) is 6.42 Å². The highest BCUT2D eigenvalue weighted by Gasteiger charge is 2.59. The third kappa shape index (κ3) is 1.86. The SMILES string of the molecule is CCO[C@@H]1C[C@@H](NC(=O)c2nccn3ccnc23)C12CCC2. The van der Waals surface area contributed by atoms with Gasteiger partial charge in [0.1, 0.15) is 0 Å². The minimum Gasteiger partial charge on any atom is -0.378 e. The number of aromatic nitrogens is 3. The summed E-state index contributed by atoms with van der Waals surface area (Å²) >= 11 is 0. The van der Waals surface area contributed by atoms with Gasteiger partial charge in [-0.3, -0.25) is 4.79 Å². The number of ether oxygens (including phenoxy) is 1. The molecule has 6 heteroatoms. The smallest absolute Gasteiger partial charge is 0.273 e. The number of carbonyl (C=O) groups is 1. The molecule has 2 saturated carbocycles. The van der Waals surface area contributed by atoms with Gasteiger partial charge in [0.2, 0.25) is 0 Å². The lowest BCUT2D eigenvalue weighted by molar-refractivity contribution is -0.169. The van der Waals surface area contributed by atoms with Crippen LogP contribution in [0.4, 0.5) is 0 Å². The monoisotopic (exact) mass is 300 g/mol. The van der Waals surface area contributed by atoms with Gasteiger partial charge in [-0.15, -0.1) is 0 Å². The van der Waals surface area contributed by atoms with Gasteiger partial charge in [0.25, 0.3) is 5.91 Å². The first kappa shape index (κ1) is 13.7. The molecular weight excluding hydrogens is 280 g/mol. The molecular formula is C16H20N4O2. The normalized spacial score (nSPS) is 25.7. The molecule has 0 aromatic carbocycles. The minimum absolute atomic E-state index is 0.136. The Labute approximate surface area is 128 Å². The number of fused-ring (bicyclic) bond motifs is 1. The number of imidazole rings is 1. The Morgan fingerprint density at radius 2 is 2.18 bits per heavy atom. The second-order valence-corrected chi connectivity index (χ2v) is 6.23. The average Bonchev–Trinajstić information content (AvgIpc) is 2.92. The number of carbonyl (C=O) groups excluding carboxylic acids is 1. The van der Waals surface area contributed by atoms with E-state index in [1.54, 1.807) is 18.6 Å². The predicted molar refractivity (Wildman–Crippen MR) is 80.6 cm³/mol. The quantitative estimate of drug-likeness (QED) is 0.935. The topological polar surface area (TPSA) is 68.5 Å². The Bertz CT molecular complexity index is 707. The van der Waals surface area contributed by atoms with Gasteiger partial charge in [-0.05, 0) is 26.2 Å². The van der Waals surface area contributed by atoms with Crippen molar-refractivity contribution in [3.05, 3.63) is 30.5 Å². The zero-order valence-corrected chi connectivity index (χ0v) is 12.7. The molecule has 1 amide bonds. The molecule has 0 saturated heterocycles. The molecule has 2 aromatic heterocycles. The molecule has 2 aromatic rings. The molecule has 0 aliphatic heterocycles. The van der Waals surface area contributed by atoms with Gasteiger partial charge < -0.3 is 14.5 Å². The van der Waals surface area contributed by atoms with Crippen LogP contribution in [0.1, 0.15) is 43.1 Å². The third-order valence-corrected chi connectivity index (χ3v) is 5.27.